The summed E-state index contributed by atoms with van der Waals surface area (Å²) in [6.07, 6.45) is 4.45. The van der Waals surface area contributed by atoms with Crippen LogP contribution in [0.25, 0.3) is 0 Å². The Morgan fingerprint density at radius 3 is 1.77 bits per heavy atom. The molecule has 0 aromatic rings. The summed E-state index contributed by atoms with van der Waals surface area (Å²) in [7, 11) is 0. The molecule has 1 saturated carbocycles. The van der Waals surface area contributed by atoms with Crippen molar-refractivity contribution in [3.63, 3.8) is 0 Å². The van der Waals surface area contributed by atoms with E-state index in [9.17, 15) is 0 Å². The summed E-state index contributed by atoms with van der Waals surface area (Å²) in [6, 6.07) is 0. The van der Waals surface area contributed by atoms with Gasteiger partial charge in [-0.15, -0.1) is 0 Å². The van der Waals surface area contributed by atoms with Crippen LogP contribution in [0.1, 0.15) is 53.9 Å². The fourth-order valence-electron chi connectivity index (χ4n) is 2.23. The summed E-state index contributed by atoms with van der Waals surface area (Å²) in [5.74, 6) is 0.950. The molecule has 80 valence electrons. The molecule has 1 N–H and O–H groups in total. The zero-order chi connectivity index (χ0) is 10.3. The first-order valence-electron chi connectivity index (χ1n) is 6.04. The first-order chi connectivity index (χ1) is 6.33. The SMILES string of the molecule is CC.CC.CC1CNCC12CCC2. The second kappa shape index (κ2) is 6.42. The molecule has 0 bridgehead atoms. The van der Waals surface area contributed by atoms with E-state index in [1.807, 2.05) is 27.7 Å². The first kappa shape index (κ1) is 13.0. The van der Waals surface area contributed by atoms with E-state index in [4.69, 9.17) is 0 Å². The molecule has 0 aromatic carbocycles. The third-order valence-corrected chi connectivity index (χ3v) is 3.32. The van der Waals surface area contributed by atoms with Crippen molar-refractivity contribution in [2.45, 2.75) is 53.9 Å². The zero-order valence-corrected chi connectivity index (χ0v) is 10.1. The monoisotopic (exact) mass is 185 g/mol. The minimum Gasteiger partial charge on any atom is -0.316 e. The van der Waals surface area contributed by atoms with Crippen molar-refractivity contribution >= 4 is 0 Å². The average molecular weight is 185 g/mol. The summed E-state index contributed by atoms with van der Waals surface area (Å²) in [5, 5.41) is 3.46. The van der Waals surface area contributed by atoms with Crippen LogP contribution in [0.2, 0.25) is 0 Å². The summed E-state index contributed by atoms with van der Waals surface area (Å²) in [4.78, 5) is 0. The summed E-state index contributed by atoms with van der Waals surface area (Å²) in [6.45, 7) is 13.0. The third kappa shape index (κ3) is 2.70. The maximum absolute atomic E-state index is 3.46. The van der Waals surface area contributed by atoms with Gasteiger partial charge in [0, 0.05) is 6.54 Å². The lowest BCUT2D eigenvalue weighted by atomic mass is 9.63. The van der Waals surface area contributed by atoms with Crippen molar-refractivity contribution < 1.29 is 0 Å². The van der Waals surface area contributed by atoms with Crippen LogP contribution in [0.3, 0.4) is 0 Å². The van der Waals surface area contributed by atoms with Crippen molar-refractivity contribution in [2.75, 3.05) is 13.1 Å². The van der Waals surface area contributed by atoms with Gasteiger partial charge in [0.1, 0.15) is 0 Å². The third-order valence-electron chi connectivity index (χ3n) is 3.32. The minimum absolute atomic E-state index is 0.764. The highest BCUT2D eigenvalue weighted by molar-refractivity contribution is 4.98. The molecule has 2 aliphatic rings. The van der Waals surface area contributed by atoms with E-state index in [-0.39, 0.29) is 0 Å². The molecular formula is C12H27N. The van der Waals surface area contributed by atoms with Gasteiger partial charge in [0.25, 0.3) is 0 Å². The molecule has 1 spiro atoms. The molecule has 1 saturated heterocycles. The smallest absolute Gasteiger partial charge is 0.00110 e. The Labute approximate surface area is 84.3 Å². The quantitative estimate of drug-likeness (QED) is 0.609. The fraction of sp³-hybridized carbons (Fsp3) is 1.00. The maximum atomic E-state index is 3.46. The molecule has 13 heavy (non-hydrogen) atoms. The Balaban J connectivity index is 0.000000322. The topological polar surface area (TPSA) is 12.0 Å². The van der Waals surface area contributed by atoms with E-state index in [0.29, 0.717) is 0 Å². The van der Waals surface area contributed by atoms with Gasteiger partial charge in [-0.2, -0.15) is 0 Å². The predicted molar refractivity (Wildman–Crippen MR) is 61.0 cm³/mol. The standard InChI is InChI=1S/C8H15N.2C2H6/c1-7-5-9-6-8(7)3-2-4-8;2*1-2/h7,9H,2-6H2,1H3;2*1-2H3. The van der Waals surface area contributed by atoms with Crippen LogP contribution in [0.5, 0.6) is 0 Å². The molecule has 0 amide bonds. The van der Waals surface area contributed by atoms with Crippen LogP contribution in [-0.4, -0.2) is 13.1 Å². The van der Waals surface area contributed by atoms with E-state index in [1.165, 1.54) is 32.4 Å². The van der Waals surface area contributed by atoms with Crippen LogP contribution >= 0.6 is 0 Å². The summed E-state index contributed by atoms with van der Waals surface area (Å²) >= 11 is 0. The highest BCUT2D eigenvalue weighted by Crippen LogP contribution is 2.48. The molecule has 0 radical (unpaired) electrons. The normalized spacial score (nSPS) is 27.9. The van der Waals surface area contributed by atoms with Gasteiger partial charge in [-0.25, -0.2) is 0 Å². The Hall–Kier alpha value is -0.0400. The van der Waals surface area contributed by atoms with Crippen LogP contribution < -0.4 is 5.32 Å². The van der Waals surface area contributed by atoms with E-state index in [0.717, 1.165) is 11.3 Å². The van der Waals surface area contributed by atoms with Crippen molar-refractivity contribution in [3.8, 4) is 0 Å². The zero-order valence-electron chi connectivity index (χ0n) is 10.1. The summed E-state index contributed by atoms with van der Waals surface area (Å²) < 4.78 is 0. The maximum Gasteiger partial charge on any atom is 0.00110 e. The highest BCUT2D eigenvalue weighted by Gasteiger charge is 2.44. The van der Waals surface area contributed by atoms with E-state index in [2.05, 4.69) is 12.2 Å². The van der Waals surface area contributed by atoms with Crippen LogP contribution in [0.4, 0.5) is 0 Å². The second-order valence-corrected chi connectivity index (χ2v) is 3.75. The molecule has 0 aromatic heterocycles. The van der Waals surface area contributed by atoms with Gasteiger partial charge in [-0.3, -0.25) is 0 Å². The van der Waals surface area contributed by atoms with Gasteiger partial charge in [-0.1, -0.05) is 41.0 Å². The minimum atomic E-state index is 0.764. The van der Waals surface area contributed by atoms with Crippen molar-refractivity contribution in [3.05, 3.63) is 0 Å². The van der Waals surface area contributed by atoms with E-state index in [1.54, 1.807) is 0 Å². The van der Waals surface area contributed by atoms with Gasteiger partial charge in [-0.05, 0) is 30.7 Å². The molecule has 1 unspecified atom stereocenters. The van der Waals surface area contributed by atoms with E-state index < -0.39 is 0 Å². The van der Waals surface area contributed by atoms with Gasteiger partial charge in [0.05, 0.1) is 0 Å². The highest BCUT2D eigenvalue weighted by atomic mass is 14.9. The van der Waals surface area contributed by atoms with Crippen LogP contribution in [0, 0.1) is 11.3 Å². The number of rotatable bonds is 0. The lowest BCUT2D eigenvalue weighted by molar-refractivity contribution is 0.108. The Morgan fingerprint density at radius 2 is 1.62 bits per heavy atom. The largest absolute Gasteiger partial charge is 0.316 e. The number of hydrogen-bond donors (Lipinski definition) is 1. The Bertz CT molecular complexity index is 116. The summed E-state index contributed by atoms with van der Waals surface area (Å²) in [5.41, 5.74) is 0.764. The van der Waals surface area contributed by atoms with E-state index >= 15 is 0 Å². The lowest BCUT2D eigenvalue weighted by Crippen LogP contribution is -2.35. The average Bonchev–Trinajstić information content (AvgIpc) is 2.53. The van der Waals surface area contributed by atoms with Crippen molar-refractivity contribution in [1.29, 1.82) is 0 Å². The van der Waals surface area contributed by atoms with Gasteiger partial charge in [0.2, 0.25) is 0 Å². The molecule has 2 fully saturated rings. The van der Waals surface area contributed by atoms with Crippen molar-refractivity contribution in [1.82, 2.24) is 5.32 Å². The van der Waals surface area contributed by atoms with Crippen molar-refractivity contribution in [2.24, 2.45) is 11.3 Å². The molecule has 1 atom stereocenters. The Morgan fingerprint density at radius 1 is 1.08 bits per heavy atom. The number of nitrogens with one attached hydrogen (secondary N) is 1. The van der Waals surface area contributed by atoms with Gasteiger partial charge in [0.15, 0.2) is 0 Å². The first-order valence-corrected chi connectivity index (χ1v) is 6.04. The molecule has 1 aliphatic heterocycles. The molecule has 1 heterocycles. The molecule has 2 rings (SSSR count). The molecule has 1 heteroatoms. The predicted octanol–water partition coefficient (Wildman–Crippen LogP) is 3.45. The lowest BCUT2D eigenvalue weighted by Gasteiger charge is -2.41. The molecule has 1 aliphatic carbocycles. The van der Waals surface area contributed by atoms with Gasteiger partial charge < -0.3 is 5.32 Å². The second-order valence-electron chi connectivity index (χ2n) is 3.75. The van der Waals surface area contributed by atoms with Crippen LogP contribution in [-0.2, 0) is 0 Å². The fourth-order valence-corrected chi connectivity index (χ4v) is 2.23. The number of hydrogen-bond acceptors (Lipinski definition) is 1. The Kier molecular flexibility index (Phi) is 6.40. The van der Waals surface area contributed by atoms with Crippen LogP contribution in [0.15, 0.2) is 0 Å². The molecular weight excluding hydrogens is 158 g/mol. The van der Waals surface area contributed by atoms with Gasteiger partial charge >= 0.3 is 0 Å². The molecule has 1 nitrogen and oxygen atoms in total.